The predicted octanol–water partition coefficient (Wildman–Crippen LogP) is 1.79. The smallest absolute Gasteiger partial charge is 0.139 e. The van der Waals surface area contributed by atoms with Crippen LogP contribution in [0.15, 0.2) is 42.9 Å². The third-order valence-electron chi connectivity index (χ3n) is 2.88. The highest BCUT2D eigenvalue weighted by Gasteiger charge is 2.13. The number of nitrogen functional groups attached to an aromatic ring is 1. The first-order valence-corrected chi connectivity index (χ1v) is 6.15. The van der Waals surface area contributed by atoms with Gasteiger partial charge in [-0.1, -0.05) is 0 Å². The van der Waals surface area contributed by atoms with Gasteiger partial charge >= 0.3 is 0 Å². The van der Waals surface area contributed by atoms with Crippen molar-refractivity contribution < 1.29 is 0 Å². The van der Waals surface area contributed by atoms with Crippen LogP contribution in [0.25, 0.3) is 0 Å². The molecule has 2 heterocycles. The lowest BCUT2D eigenvalue weighted by molar-refractivity contribution is 0.811. The maximum atomic E-state index is 7.63. The van der Waals surface area contributed by atoms with Crippen molar-refractivity contribution >= 4 is 11.7 Å². The van der Waals surface area contributed by atoms with Gasteiger partial charge in [0.25, 0.3) is 0 Å². The van der Waals surface area contributed by atoms with Crippen molar-refractivity contribution in [3.8, 4) is 0 Å². The average Bonchev–Trinajstić information content (AvgIpc) is 2.46. The van der Waals surface area contributed by atoms with E-state index < -0.39 is 0 Å². The zero-order chi connectivity index (χ0) is 13.7. The minimum absolute atomic E-state index is 0.0382. The van der Waals surface area contributed by atoms with Crippen LogP contribution >= 0.6 is 0 Å². The Morgan fingerprint density at radius 1 is 1.26 bits per heavy atom. The first-order chi connectivity index (χ1) is 9.22. The fourth-order valence-electron chi connectivity index (χ4n) is 1.90. The molecule has 5 nitrogen and oxygen atoms in total. The summed E-state index contributed by atoms with van der Waals surface area (Å²) in [6.07, 6.45) is 5.26. The van der Waals surface area contributed by atoms with E-state index >= 15 is 0 Å². The molecule has 2 rings (SSSR count). The Labute approximate surface area is 112 Å². The molecular formula is C14H17N5. The second kappa shape index (κ2) is 5.95. The third-order valence-corrected chi connectivity index (χ3v) is 2.88. The van der Waals surface area contributed by atoms with Crippen LogP contribution in [0.2, 0.25) is 0 Å². The third kappa shape index (κ3) is 3.07. The van der Waals surface area contributed by atoms with E-state index in [1.165, 1.54) is 0 Å². The van der Waals surface area contributed by atoms with Gasteiger partial charge in [0.1, 0.15) is 11.7 Å². The van der Waals surface area contributed by atoms with E-state index in [9.17, 15) is 0 Å². The predicted molar refractivity (Wildman–Crippen MR) is 76.2 cm³/mol. The molecule has 98 valence electrons. The molecule has 0 saturated carbocycles. The highest BCUT2D eigenvalue weighted by Crippen LogP contribution is 2.18. The van der Waals surface area contributed by atoms with E-state index in [2.05, 4.69) is 21.8 Å². The quantitative estimate of drug-likeness (QED) is 0.630. The summed E-state index contributed by atoms with van der Waals surface area (Å²) < 4.78 is 0. The first kappa shape index (κ1) is 13.0. The van der Waals surface area contributed by atoms with Crippen LogP contribution in [-0.2, 0) is 6.54 Å². The van der Waals surface area contributed by atoms with Gasteiger partial charge < -0.3 is 10.6 Å². The Kier molecular flexibility index (Phi) is 4.07. The highest BCUT2D eigenvalue weighted by atomic mass is 15.2. The van der Waals surface area contributed by atoms with Crippen molar-refractivity contribution in [3.63, 3.8) is 0 Å². The summed E-state index contributed by atoms with van der Waals surface area (Å²) in [6.45, 7) is 3.57. The lowest BCUT2D eigenvalue weighted by Crippen LogP contribution is -2.26. The van der Waals surface area contributed by atoms with Crippen LogP contribution in [0.4, 0.5) is 5.82 Å². The Balaban J connectivity index is 2.30. The number of nitrogens with two attached hydrogens (primary N) is 1. The fraction of sp³-hybridized carbons (Fsp3) is 0.214. The number of amidine groups is 1. The van der Waals surface area contributed by atoms with Gasteiger partial charge in [-0.25, -0.2) is 4.98 Å². The standard InChI is InChI=1S/C14H17N5/c1-2-19(10-11-5-8-17-9-6-11)14-12(13(15)16)4-3-7-18-14/h3-9H,2,10H2,1H3,(H3,15,16). The molecule has 0 amide bonds. The van der Waals surface area contributed by atoms with Gasteiger partial charge in [-0.3, -0.25) is 10.4 Å². The molecule has 0 fully saturated rings. The Morgan fingerprint density at radius 3 is 2.63 bits per heavy atom. The normalized spacial score (nSPS) is 10.2. The van der Waals surface area contributed by atoms with Gasteiger partial charge in [0.15, 0.2) is 0 Å². The second-order valence-electron chi connectivity index (χ2n) is 4.16. The number of rotatable bonds is 5. The molecular weight excluding hydrogens is 238 g/mol. The number of nitrogens with one attached hydrogen (secondary N) is 1. The number of hydrogen-bond donors (Lipinski definition) is 2. The monoisotopic (exact) mass is 255 g/mol. The van der Waals surface area contributed by atoms with Crippen molar-refractivity contribution in [2.45, 2.75) is 13.5 Å². The summed E-state index contributed by atoms with van der Waals surface area (Å²) in [6, 6.07) is 7.55. The summed E-state index contributed by atoms with van der Waals surface area (Å²) in [5, 5.41) is 7.63. The Morgan fingerprint density at radius 2 is 2.00 bits per heavy atom. The van der Waals surface area contributed by atoms with Crippen molar-refractivity contribution in [1.29, 1.82) is 5.41 Å². The van der Waals surface area contributed by atoms with Crippen LogP contribution in [0, 0.1) is 5.41 Å². The van der Waals surface area contributed by atoms with Crippen molar-refractivity contribution in [3.05, 3.63) is 54.0 Å². The van der Waals surface area contributed by atoms with Crippen molar-refractivity contribution in [2.24, 2.45) is 5.73 Å². The Hall–Kier alpha value is -2.43. The molecule has 0 radical (unpaired) electrons. The van der Waals surface area contributed by atoms with Crippen molar-refractivity contribution in [1.82, 2.24) is 9.97 Å². The topological polar surface area (TPSA) is 78.9 Å². The highest BCUT2D eigenvalue weighted by molar-refractivity contribution is 5.99. The molecule has 0 atom stereocenters. The van der Waals surface area contributed by atoms with E-state index in [1.54, 1.807) is 24.7 Å². The summed E-state index contributed by atoms with van der Waals surface area (Å²) in [7, 11) is 0. The van der Waals surface area contributed by atoms with Gasteiger partial charge in [-0.15, -0.1) is 0 Å². The summed E-state index contributed by atoms with van der Waals surface area (Å²) >= 11 is 0. The van der Waals surface area contributed by atoms with Crippen molar-refractivity contribution in [2.75, 3.05) is 11.4 Å². The molecule has 2 aromatic rings. The minimum atomic E-state index is 0.0382. The zero-order valence-electron chi connectivity index (χ0n) is 10.9. The molecule has 0 aliphatic carbocycles. The molecule has 5 heteroatoms. The molecule has 3 N–H and O–H groups in total. The average molecular weight is 255 g/mol. The molecule has 0 aliphatic heterocycles. The number of pyridine rings is 2. The van der Waals surface area contributed by atoms with E-state index in [0.29, 0.717) is 5.56 Å². The molecule has 0 aliphatic rings. The van der Waals surface area contributed by atoms with Gasteiger partial charge in [0, 0.05) is 31.7 Å². The summed E-state index contributed by atoms with van der Waals surface area (Å²) in [4.78, 5) is 10.5. The molecule has 0 bridgehead atoms. The fourth-order valence-corrected chi connectivity index (χ4v) is 1.90. The maximum absolute atomic E-state index is 7.63. The summed E-state index contributed by atoms with van der Waals surface area (Å²) in [5.74, 6) is 0.783. The molecule has 19 heavy (non-hydrogen) atoms. The van der Waals surface area contributed by atoms with Gasteiger partial charge in [0.2, 0.25) is 0 Å². The van der Waals surface area contributed by atoms with Crippen LogP contribution in [-0.4, -0.2) is 22.3 Å². The van der Waals surface area contributed by atoms with Crippen LogP contribution in [0.1, 0.15) is 18.1 Å². The molecule has 0 saturated heterocycles. The van der Waals surface area contributed by atoms with Gasteiger partial charge in [-0.2, -0.15) is 0 Å². The SMILES string of the molecule is CCN(Cc1ccncc1)c1ncccc1C(=N)N. The van der Waals surface area contributed by atoms with Crippen LogP contribution in [0.5, 0.6) is 0 Å². The number of hydrogen-bond acceptors (Lipinski definition) is 4. The van der Waals surface area contributed by atoms with E-state index in [4.69, 9.17) is 11.1 Å². The van der Waals surface area contributed by atoms with Gasteiger partial charge in [-0.05, 0) is 36.8 Å². The molecule has 0 spiro atoms. The van der Waals surface area contributed by atoms with E-state index in [0.717, 1.165) is 24.5 Å². The number of aromatic nitrogens is 2. The summed E-state index contributed by atoms with van der Waals surface area (Å²) in [5.41, 5.74) is 7.42. The van der Waals surface area contributed by atoms with Crippen LogP contribution in [0.3, 0.4) is 0 Å². The van der Waals surface area contributed by atoms with Gasteiger partial charge in [0.05, 0.1) is 5.56 Å². The number of nitrogens with zero attached hydrogens (tertiary/aromatic N) is 3. The lowest BCUT2D eigenvalue weighted by Gasteiger charge is -2.24. The van der Waals surface area contributed by atoms with E-state index in [1.807, 2.05) is 18.2 Å². The largest absolute Gasteiger partial charge is 0.384 e. The zero-order valence-corrected chi connectivity index (χ0v) is 10.9. The Bertz CT molecular complexity index is 553. The number of anilines is 1. The maximum Gasteiger partial charge on any atom is 0.139 e. The first-order valence-electron chi connectivity index (χ1n) is 6.15. The molecule has 2 aromatic heterocycles. The van der Waals surface area contributed by atoms with E-state index in [-0.39, 0.29) is 5.84 Å². The molecule has 0 aromatic carbocycles. The minimum Gasteiger partial charge on any atom is -0.384 e. The van der Waals surface area contributed by atoms with Crippen LogP contribution < -0.4 is 10.6 Å². The second-order valence-corrected chi connectivity index (χ2v) is 4.16. The lowest BCUT2D eigenvalue weighted by atomic mass is 10.2. The molecule has 0 unspecified atom stereocenters.